The second-order valence-electron chi connectivity index (χ2n) is 3.77. The van der Waals surface area contributed by atoms with Crippen LogP contribution in [0.5, 0.6) is 5.75 Å². The van der Waals surface area contributed by atoms with Gasteiger partial charge in [-0.2, -0.15) is 0 Å². The number of hydrogen-bond acceptors (Lipinski definition) is 2. The average Bonchev–Trinajstić information content (AvgIpc) is 2.38. The molecule has 2 aromatic rings. The number of ketones is 1. The van der Waals surface area contributed by atoms with Gasteiger partial charge < -0.3 is 4.74 Å². The van der Waals surface area contributed by atoms with Gasteiger partial charge in [0.15, 0.2) is 12.4 Å². The Balaban J connectivity index is 2.09. The molecule has 0 N–H and O–H groups in total. The highest BCUT2D eigenvalue weighted by molar-refractivity contribution is 9.11. The van der Waals surface area contributed by atoms with Gasteiger partial charge in [-0.15, -0.1) is 0 Å². The van der Waals surface area contributed by atoms with E-state index < -0.39 is 0 Å². The Labute approximate surface area is 133 Å². The summed E-state index contributed by atoms with van der Waals surface area (Å²) >= 11 is 12.6. The van der Waals surface area contributed by atoms with Crippen molar-refractivity contribution in [3.8, 4) is 5.75 Å². The van der Waals surface area contributed by atoms with E-state index in [1.54, 1.807) is 24.3 Å². The van der Waals surface area contributed by atoms with Crippen LogP contribution in [-0.2, 0) is 0 Å². The third-order valence-electron chi connectivity index (χ3n) is 2.41. The molecule has 19 heavy (non-hydrogen) atoms. The van der Waals surface area contributed by atoms with Crippen LogP contribution >= 0.6 is 43.5 Å². The second kappa shape index (κ2) is 6.55. The topological polar surface area (TPSA) is 26.3 Å². The minimum atomic E-state index is -0.120. The lowest BCUT2D eigenvalue weighted by Crippen LogP contribution is -2.12. The lowest BCUT2D eigenvalue weighted by atomic mass is 10.1. The van der Waals surface area contributed by atoms with Crippen LogP contribution in [-0.4, -0.2) is 12.4 Å². The summed E-state index contributed by atoms with van der Waals surface area (Å²) in [5, 5.41) is 0.535. The highest BCUT2D eigenvalue weighted by Gasteiger charge is 2.11. The normalized spacial score (nSPS) is 10.3. The SMILES string of the molecule is O=C(COc1c(Br)cccc1Br)c1cccc(Cl)c1. The Bertz CT molecular complexity index is 594. The molecule has 0 amide bonds. The number of rotatable bonds is 4. The zero-order chi connectivity index (χ0) is 13.8. The van der Waals surface area contributed by atoms with E-state index in [0.717, 1.165) is 8.95 Å². The van der Waals surface area contributed by atoms with Crippen LogP contribution in [0.1, 0.15) is 10.4 Å². The van der Waals surface area contributed by atoms with Crippen molar-refractivity contribution in [1.29, 1.82) is 0 Å². The third-order valence-corrected chi connectivity index (χ3v) is 3.90. The molecule has 0 aliphatic carbocycles. The quantitative estimate of drug-likeness (QED) is 0.661. The summed E-state index contributed by atoms with van der Waals surface area (Å²) in [5.41, 5.74) is 0.538. The molecule has 0 aromatic heterocycles. The van der Waals surface area contributed by atoms with Crippen molar-refractivity contribution in [3.05, 3.63) is 62.0 Å². The molecule has 5 heteroatoms. The first-order valence-corrected chi connectivity index (χ1v) is 7.40. The van der Waals surface area contributed by atoms with Gasteiger partial charge in [-0.1, -0.05) is 29.8 Å². The summed E-state index contributed by atoms with van der Waals surface area (Å²) in [6.45, 7) is -0.0401. The lowest BCUT2D eigenvalue weighted by Gasteiger charge is -2.09. The molecule has 2 rings (SSSR count). The number of benzene rings is 2. The Morgan fingerprint density at radius 3 is 2.37 bits per heavy atom. The monoisotopic (exact) mass is 402 g/mol. The van der Waals surface area contributed by atoms with Gasteiger partial charge in [0, 0.05) is 10.6 Å². The van der Waals surface area contributed by atoms with Crippen molar-refractivity contribution in [2.75, 3.05) is 6.61 Å². The molecule has 0 fully saturated rings. The van der Waals surface area contributed by atoms with E-state index in [1.165, 1.54) is 0 Å². The number of Topliss-reactive ketones (excluding diaryl/α,β-unsaturated/α-hetero) is 1. The molecule has 2 aromatic carbocycles. The summed E-state index contributed by atoms with van der Waals surface area (Å²) < 4.78 is 7.12. The van der Waals surface area contributed by atoms with E-state index in [9.17, 15) is 4.79 Å². The fourth-order valence-corrected chi connectivity index (χ4v) is 2.92. The molecule has 0 saturated carbocycles. The van der Waals surface area contributed by atoms with E-state index >= 15 is 0 Å². The molecular formula is C14H9Br2ClO2. The largest absolute Gasteiger partial charge is 0.483 e. The van der Waals surface area contributed by atoms with Gasteiger partial charge in [0.25, 0.3) is 0 Å². The first-order chi connectivity index (χ1) is 9.08. The smallest absolute Gasteiger partial charge is 0.200 e. The van der Waals surface area contributed by atoms with Crippen molar-refractivity contribution in [2.45, 2.75) is 0 Å². The van der Waals surface area contributed by atoms with Gasteiger partial charge in [-0.05, 0) is 56.1 Å². The maximum Gasteiger partial charge on any atom is 0.200 e. The van der Waals surface area contributed by atoms with Gasteiger partial charge in [0.2, 0.25) is 0 Å². The van der Waals surface area contributed by atoms with Crippen LogP contribution in [0.2, 0.25) is 5.02 Å². The zero-order valence-corrected chi connectivity index (χ0v) is 13.6. The highest BCUT2D eigenvalue weighted by atomic mass is 79.9. The number of carbonyl (C=O) groups is 1. The van der Waals surface area contributed by atoms with Gasteiger partial charge >= 0.3 is 0 Å². The maximum absolute atomic E-state index is 12.0. The molecule has 0 radical (unpaired) electrons. The Hall–Kier alpha value is -0.840. The average molecular weight is 404 g/mol. The first kappa shape index (κ1) is 14.6. The van der Waals surface area contributed by atoms with Crippen molar-refractivity contribution >= 4 is 49.2 Å². The van der Waals surface area contributed by atoms with Crippen LogP contribution in [0.15, 0.2) is 51.4 Å². The van der Waals surface area contributed by atoms with Crippen LogP contribution in [0.3, 0.4) is 0 Å². The molecule has 0 spiro atoms. The highest BCUT2D eigenvalue weighted by Crippen LogP contribution is 2.33. The minimum absolute atomic E-state index is 0.0401. The predicted octanol–water partition coefficient (Wildman–Crippen LogP) is 5.13. The number of para-hydroxylation sites is 1. The third kappa shape index (κ3) is 3.81. The summed E-state index contributed by atoms with van der Waals surface area (Å²) in [6.07, 6.45) is 0. The minimum Gasteiger partial charge on any atom is -0.483 e. The van der Waals surface area contributed by atoms with Gasteiger partial charge in [-0.3, -0.25) is 4.79 Å². The summed E-state index contributed by atoms with van der Waals surface area (Å²) in [5.74, 6) is 0.489. The first-order valence-electron chi connectivity index (χ1n) is 5.43. The second-order valence-corrected chi connectivity index (χ2v) is 5.92. The molecule has 2 nitrogen and oxygen atoms in total. The van der Waals surface area contributed by atoms with E-state index in [1.807, 2.05) is 18.2 Å². The predicted molar refractivity (Wildman–Crippen MR) is 83.1 cm³/mol. The zero-order valence-electron chi connectivity index (χ0n) is 9.70. The Morgan fingerprint density at radius 2 is 1.74 bits per heavy atom. The van der Waals surface area contributed by atoms with Crippen molar-refractivity contribution in [1.82, 2.24) is 0 Å². The number of ether oxygens (including phenoxy) is 1. The number of hydrogen-bond donors (Lipinski definition) is 0. The van der Waals surface area contributed by atoms with Crippen molar-refractivity contribution in [2.24, 2.45) is 0 Å². The summed E-state index contributed by atoms with van der Waals surface area (Å²) in [6, 6.07) is 12.4. The van der Waals surface area contributed by atoms with Crippen LogP contribution in [0.25, 0.3) is 0 Å². The molecule has 98 valence electrons. The molecule has 0 bridgehead atoms. The van der Waals surface area contributed by atoms with E-state index in [4.69, 9.17) is 16.3 Å². The van der Waals surface area contributed by atoms with Crippen LogP contribution < -0.4 is 4.74 Å². The Kier molecular flexibility index (Phi) is 5.02. The molecule has 0 saturated heterocycles. The Morgan fingerprint density at radius 1 is 1.11 bits per heavy atom. The van der Waals surface area contributed by atoms with Gasteiger partial charge in [0.05, 0.1) is 8.95 Å². The molecule has 0 aliphatic rings. The van der Waals surface area contributed by atoms with Crippen molar-refractivity contribution in [3.63, 3.8) is 0 Å². The molecule has 0 unspecified atom stereocenters. The van der Waals surface area contributed by atoms with Crippen LogP contribution in [0, 0.1) is 0 Å². The van der Waals surface area contributed by atoms with E-state index in [0.29, 0.717) is 16.3 Å². The fraction of sp³-hybridized carbons (Fsp3) is 0.0714. The van der Waals surface area contributed by atoms with E-state index in [-0.39, 0.29) is 12.4 Å². The standard InChI is InChI=1S/C14H9Br2ClO2/c15-11-5-2-6-12(16)14(11)19-8-13(18)9-3-1-4-10(17)7-9/h1-7H,8H2. The van der Waals surface area contributed by atoms with Gasteiger partial charge in [0.1, 0.15) is 5.75 Å². The maximum atomic E-state index is 12.0. The summed E-state index contributed by atoms with van der Waals surface area (Å²) in [4.78, 5) is 12.0. The molecule has 0 aliphatic heterocycles. The number of halogens is 3. The summed E-state index contributed by atoms with van der Waals surface area (Å²) in [7, 11) is 0. The van der Waals surface area contributed by atoms with Gasteiger partial charge in [-0.25, -0.2) is 0 Å². The number of carbonyl (C=O) groups excluding carboxylic acids is 1. The molecule has 0 atom stereocenters. The van der Waals surface area contributed by atoms with Crippen molar-refractivity contribution < 1.29 is 9.53 Å². The van der Waals surface area contributed by atoms with Crippen LogP contribution in [0.4, 0.5) is 0 Å². The lowest BCUT2D eigenvalue weighted by molar-refractivity contribution is 0.0920. The van der Waals surface area contributed by atoms with E-state index in [2.05, 4.69) is 31.9 Å². The fourth-order valence-electron chi connectivity index (χ4n) is 1.50. The molecule has 0 heterocycles. The molecular weight excluding hydrogens is 395 g/mol.